The molecule has 2 rings (SSSR count). The summed E-state index contributed by atoms with van der Waals surface area (Å²) in [4.78, 5) is 2.40. The van der Waals surface area contributed by atoms with E-state index in [4.69, 9.17) is 18.9 Å². The van der Waals surface area contributed by atoms with Gasteiger partial charge in [-0.2, -0.15) is 0 Å². The molecule has 5 heteroatoms. The fourth-order valence-corrected chi connectivity index (χ4v) is 2.57. The lowest BCUT2D eigenvalue weighted by Gasteiger charge is -2.26. The van der Waals surface area contributed by atoms with Crippen LogP contribution in [0.3, 0.4) is 0 Å². The minimum absolute atomic E-state index is 0.648. The van der Waals surface area contributed by atoms with Crippen LogP contribution in [0.2, 0.25) is 0 Å². The molecule has 1 fully saturated rings. The number of nitrogens with zero attached hydrogens (tertiary/aromatic N) is 1. The normalized spacial score (nSPS) is 15.6. The summed E-state index contributed by atoms with van der Waals surface area (Å²) in [6.07, 6.45) is 1.91. The molecule has 0 radical (unpaired) electrons. The second-order valence-corrected chi connectivity index (χ2v) is 5.34. The zero-order valence-electron chi connectivity index (χ0n) is 13.9. The van der Waals surface area contributed by atoms with Crippen molar-refractivity contribution in [3.05, 3.63) is 17.7 Å². The number of aryl methyl sites for hydroxylation is 1. The van der Waals surface area contributed by atoms with Gasteiger partial charge in [-0.1, -0.05) is 6.92 Å². The van der Waals surface area contributed by atoms with Crippen molar-refractivity contribution in [1.82, 2.24) is 4.90 Å². The van der Waals surface area contributed by atoms with Crippen molar-refractivity contribution in [1.29, 1.82) is 0 Å². The molecule has 0 bridgehead atoms. The Hall–Kier alpha value is -1.46. The van der Waals surface area contributed by atoms with E-state index in [0.717, 1.165) is 57.2 Å². The van der Waals surface area contributed by atoms with Gasteiger partial charge in [0.05, 0.1) is 34.0 Å². The Morgan fingerprint density at radius 1 is 1.09 bits per heavy atom. The van der Waals surface area contributed by atoms with E-state index in [1.807, 2.05) is 12.1 Å². The van der Waals surface area contributed by atoms with Crippen LogP contribution < -0.4 is 14.2 Å². The lowest BCUT2D eigenvalue weighted by molar-refractivity contribution is 0.0357. The number of benzene rings is 1. The van der Waals surface area contributed by atoms with Crippen LogP contribution in [0.5, 0.6) is 17.2 Å². The molecule has 1 heterocycles. The van der Waals surface area contributed by atoms with Crippen LogP contribution in [0, 0.1) is 0 Å². The summed E-state index contributed by atoms with van der Waals surface area (Å²) in [5.74, 6) is 2.18. The smallest absolute Gasteiger partial charge is 0.203 e. The van der Waals surface area contributed by atoms with E-state index in [0.29, 0.717) is 12.4 Å². The molecule has 0 atom stereocenters. The third kappa shape index (κ3) is 4.52. The molecule has 1 aliphatic rings. The Balaban J connectivity index is 1.90. The Kier molecular flexibility index (Phi) is 6.80. The molecule has 5 nitrogen and oxygen atoms in total. The number of morpholine rings is 1. The van der Waals surface area contributed by atoms with Crippen LogP contribution in [-0.2, 0) is 11.2 Å². The van der Waals surface area contributed by atoms with E-state index in [1.165, 1.54) is 5.56 Å². The Morgan fingerprint density at radius 3 is 2.27 bits per heavy atom. The highest BCUT2D eigenvalue weighted by Gasteiger charge is 2.14. The van der Waals surface area contributed by atoms with Gasteiger partial charge in [-0.25, -0.2) is 0 Å². The predicted molar refractivity (Wildman–Crippen MR) is 86.3 cm³/mol. The van der Waals surface area contributed by atoms with Gasteiger partial charge in [-0.3, -0.25) is 4.90 Å². The summed E-state index contributed by atoms with van der Waals surface area (Å²) in [6, 6.07) is 4.03. The van der Waals surface area contributed by atoms with Crippen molar-refractivity contribution < 1.29 is 18.9 Å². The minimum Gasteiger partial charge on any atom is -0.493 e. The molecular weight excluding hydrogens is 282 g/mol. The third-order valence-electron chi connectivity index (χ3n) is 3.90. The second-order valence-electron chi connectivity index (χ2n) is 5.34. The molecule has 1 saturated heterocycles. The fourth-order valence-electron chi connectivity index (χ4n) is 2.57. The maximum atomic E-state index is 5.93. The highest BCUT2D eigenvalue weighted by atomic mass is 16.5. The molecule has 1 aromatic carbocycles. The van der Waals surface area contributed by atoms with Gasteiger partial charge in [0.1, 0.15) is 0 Å². The van der Waals surface area contributed by atoms with Crippen molar-refractivity contribution in [2.24, 2.45) is 0 Å². The molecule has 22 heavy (non-hydrogen) atoms. The molecule has 0 amide bonds. The van der Waals surface area contributed by atoms with E-state index in [2.05, 4.69) is 11.8 Å². The Morgan fingerprint density at radius 2 is 1.73 bits per heavy atom. The molecule has 0 N–H and O–H groups in total. The molecule has 1 aromatic rings. The van der Waals surface area contributed by atoms with E-state index in [1.54, 1.807) is 14.2 Å². The average Bonchev–Trinajstić information content (AvgIpc) is 2.59. The van der Waals surface area contributed by atoms with E-state index >= 15 is 0 Å². The maximum Gasteiger partial charge on any atom is 0.203 e. The van der Waals surface area contributed by atoms with Crippen LogP contribution in [0.1, 0.15) is 18.9 Å². The fraction of sp³-hybridized carbons (Fsp3) is 0.647. The topological polar surface area (TPSA) is 40.2 Å². The first kappa shape index (κ1) is 16.9. The van der Waals surface area contributed by atoms with Gasteiger partial charge >= 0.3 is 0 Å². The average molecular weight is 309 g/mol. The summed E-state index contributed by atoms with van der Waals surface area (Å²) >= 11 is 0. The molecule has 0 unspecified atom stereocenters. The minimum atomic E-state index is 0.648. The summed E-state index contributed by atoms with van der Waals surface area (Å²) in [6.45, 7) is 7.48. The van der Waals surface area contributed by atoms with Gasteiger partial charge in [-0.15, -0.1) is 0 Å². The molecule has 0 spiro atoms. The molecule has 124 valence electrons. The number of hydrogen-bond acceptors (Lipinski definition) is 5. The highest BCUT2D eigenvalue weighted by molar-refractivity contribution is 5.53. The van der Waals surface area contributed by atoms with Gasteiger partial charge in [0.25, 0.3) is 0 Å². The van der Waals surface area contributed by atoms with Gasteiger partial charge in [-0.05, 0) is 30.5 Å². The number of methoxy groups -OCH3 is 2. The standard InChI is InChI=1S/C17H27NO4/c1-4-14-12-15(19-2)17(16(13-14)20-3)22-9-5-6-18-7-10-21-11-8-18/h12-13H,4-11H2,1-3H3. The van der Waals surface area contributed by atoms with Crippen molar-refractivity contribution in [2.75, 3.05) is 53.7 Å². The van der Waals surface area contributed by atoms with Crippen molar-refractivity contribution in [3.63, 3.8) is 0 Å². The first-order valence-electron chi connectivity index (χ1n) is 7.96. The first-order chi connectivity index (χ1) is 10.8. The zero-order chi connectivity index (χ0) is 15.8. The van der Waals surface area contributed by atoms with Gasteiger partial charge in [0, 0.05) is 19.6 Å². The van der Waals surface area contributed by atoms with Crippen LogP contribution in [0.4, 0.5) is 0 Å². The molecular formula is C17H27NO4. The SMILES string of the molecule is CCc1cc(OC)c(OCCCN2CCOCC2)c(OC)c1. The van der Waals surface area contributed by atoms with Crippen LogP contribution in [-0.4, -0.2) is 58.6 Å². The molecule has 0 aliphatic carbocycles. The monoisotopic (exact) mass is 309 g/mol. The van der Waals surface area contributed by atoms with Crippen LogP contribution >= 0.6 is 0 Å². The van der Waals surface area contributed by atoms with Crippen molar-refractivity contribution in [3.8, 4) is 17.2 Å². The number of rotatable bonds is 8. The molecule has 0 saturated carbocycles. The van der Waals surface area contributed by atoms with Gasteiger partial charge in [0.15, 0.2) is 11.5 Å². The predicted octanol–water partition coefficient (Wildman–Crippen LogP) is 2.37. The lowest BCUT2D eigenvalue weighted by atomic mass is 10.1. The molecule has 0 aromatic heterocycles. The van der Waals surface area contributed by atoms with Crippen molar-refractivity contribution in [2.45, 2.75) is 19.8 Å². The van der Waals surface area contributed by atoms with E-state index in [-0.39, 0.29) is 0 Å². The van der Waals surface area contributed by atoms with E-state index < -0.39 is 0 Å². The van der Waals surface area contributed by atoms with E-state index in [9.17, 15) is 0 Å². The van der Waals surface area contributed by atoms with Gasteiger partial charge in [0.2, 0.25) is 5.75 Å². The van der Waals surface area contributed by atoms with Crippen LogP contribution in [0.15, 0.2) is 12.1 Å². The molecule has 1 aliphatic heterocycles. The summed E-state index contributed by atoms with van der Waals surface area (Å²) in [7, 11) is 3.32. The van der Waals surface area contributed by atoms with Gasteiger partial charge < -0.3 is 18.9 Å². The summed E-state index contributed by atoms with van der Waals surface area (Å²) in [5, 5.41) is 0. The van der Waals surface area contributed by atoms with Crippen LogP contribution in [0.25, 0.3) is 0 Å². The maximum absolute atomic E-state index is 5.93. The zero-order valence-corrected chi connectivity index (χ0v) is 13.9. The quantitative estimate of drug-likeness (QED) is 0.690. The largest absolute Gasteiger partial charge is 0.493 e. The Bertz CT molecular complexity index is 433. The Labute approximate surface area is 133 Å². The summed E-state index contributed by atoms with van der Waals surface area (Å²) in [5.41, 5.74) is 1.18. The first-order valence-corrected chi connectivity index (χ1v) is 7.96. The third-order valence-corrected chi connectivity index (χ3v) is 3.90. The lowest BCUT2D eigenvalue weighted by Crippen LogP contribution is -2.37. The number of hydrogen-bond donors (Lipinski definition) is 0. The number of ether oxygens (including phenoxy) is 4. The van der Waals surface area contributed by atoms with Crippen molar-refractivity contribution >= 4 is 0 Å². The second kappa shape index (κ2) is 8.86. The summed E-state index contributed by atoms with van der Waals surface area (Å²) < 4.78 is 22.2. The highest BCUT2D eigenvalue weighted by Crippen LogP contribution is 2.38.